The number of benzene rings is 1. The molecule has 0 unspecified atom stereocenters. The highest BCUT2D eigenvalue weighted by Crippen LogP contribution is 2.34. The molecule has 0 aromatic heterocycles. The van der Waals surface area contributed by atoms with E-state index in [9.17, 15) is 18.0 Å². The SMILES string of the molecule is CCNc1cc(C(F)(F)F)cc(C(N)=O)c1CO. The van der Waals surface area contributed by atoms with Gasteiger partial charge in [-0.2, -0.15) is 13.2 Å². The molecule has 0 fully saturated rings. The minimum absolute atomic E-state index is 0.0589. The number of nitrogens with two attached hydrogens (primary N) is 1. The van der Waals surface area contributed by atoms with E-state index >= 15 is 0 Å². The molecule has 0 aliphatic heterocycles. The van der Waals surface area contributed by atoms with E-state index < -0.39 is 24.3 Å². The topological polar surface area (TPSA) is 75.3 Å². The summed E-state index contributed by atoms with van der Waals surface area (Å²) in [5.41, 5.74) is 3.84. The van der Waals surface area contributed by atoms with Gasteiger partial charge >= 0.3 is 6.18 Å². The lowest BCUT2D eigenvalue weighted by Crippen LogP contribution is -2.18. The molecule has 0 radical (unpaired) electrons. The van der Waals surface area contributed by atoms with Crippen LogP contribution in [0.3, 0.4) is 0 Å². The highest BCUT2D eigenvalue weighted by atomic mass is 19.4. The highest BCUT2D eigenvalue weighted by molar-refractivity contribution is 5.96. The predicted molar refractivity (Wildman–Crippen MR) is 60.0 cm³/mol. The molecule has 4 nitrogen and oxygen atoms in total. The molecule has 100 valence electrons. The van der Waals surface area contributed by atoms with Crippen LogP contribution < -0.4 is 11.1 Å². The standard InChI is InChI=1S/C11H13F3N2O2/c1-2-16-9-4-6(11(12,13)14)3-7(10(15)18)8(9)5-17/h3-4,16-17H,2,5H2,1H3,(H2,15,18). The third-order valence-corrected chi connectivity index (χ3v) is 2.37. The molecule has 1 aromatic rings. The molecule has 0 bridgehead atoms. The summed E-state index contributed by atoms with van der Waals surface area (Å²) in [5, 5.41) is 11.8. The summed E-state index contributed by atoms with van der Waals surface area (Å²) in [6.07, 6.45) is -4.58. The number of anilines is 1. The van der Waals surface area contributed by atoms with E-state index in [1.165, 1.54) is 0 Å². The average Bonchev–Trinajstić information content (AvgIpc) is 2.27. The van der Waals surface area contributed by atoms with Gasteiger partial charge in [-0.05, 0) is 19.1 Å². The van der Waals surface area contributed by atoms with Crippen LogP contribution in [-0.2, 0) is 12.8 Å². The van der Waals surface area contributed by atoms with Crippen molar-refractivity contribution in [1.82, 2.24) is 0 Å². The van der Waals surface area contributed by atoms with Gasteiger partial charge in [-0.25, -0.2) is 0 Å². The maximum absolute atomic E-state index is 12.6. The lowest BCUT2D eigenvalue weighted by atomic mass is 10.0. The Kier molecular flexibility index (Phi) is 4.18. The van der Waals surface area contributed by atoms with Gasteiger partial charge < -0.3 is 16.2 Å². The first-order valence-corrected chi connectivity index (χ1v) is 5.19. The van der Waals surface area contributed by atoms with Crippen LogP contribution in [0.5, 0.6) is 0 Å². The van der Waals surface area contributed by atoms with E-state index in [0.29, 0.717) is 12.6 Å². The minimum Gasteiger partial charge on any atom is -0.392 e. The van der Waals surface area contributed by atoms with Crippen LogP contribution in [0.1, 0.15) is 28.4 Å². The van der Waals surface area contributed by atoms with Gasteiger partial charge in [-0.15, -0.1) is 0 Å². The summed E-state index contributed by atoms with van der Waals surface area (Å²) >= 11 is 0. The molecule has 0 heterocycles. The maximum Gasteiger partial charge on any atom is 0.416 e. The van der Waals surface area contributed by atoms with Crippen molar-refractivity contribution in [2.75, 3.05) is 11.9 Å². The van der Waals surface area contributed by atoms with Crippen molar-refractivity contribution >= 4 is 11.6 Å². The second kappa shape index (κ2) is 5.26. The number of hydrogen-bond donors (Lipinski definition) is 3. The number of rotatable bonds is 4. The molecule has 4 N–H and O–H groups in total. The van der Waals surface area contributed by atoms with Gasteiger partial charge in [0, 0.05) is 23.4 Å². The first-order valence-electron chi connectivity index (χ1n) is 5.19. The Morgan fingerprint density at radius 1 is 1.44 bits per heavy atom. The van der Waals surface area contributed by atoms with Crippen LogP contribution in [0.2, 0.25) is 0 Å². The van der Waals surface area contributed by atoms with Crippen LogP contribution in [0.4, 0.5) is 18.9 Å². The van der Waals surface area contributed by atoms with Gasteiger partial charge in [-0.1, -0.05) is 0 Å². The Labute approximate surface area is 102 Å². The molecule has 0 atom stereocenters. The third-order valence-electron chi connectivity index (χ3n) is 2.37. The Morgan fingerprint density at radius 3 is 2.44 bits per heavy atom. The van der Waals surface area contributed by atoms with E-state index in [1.54, 1.807) is 6.92 Å². The number of primary amides is 1. The van der Waals surface area contributed by atoms with E-state index in [4.69, 9.17) is 10.8 Å². The van der Waals surface area contributed by atoms with Crippen LogP contribution >= 0.6 is 0 Å². The summed E-state index contributed by atoms with van der Waals surface area (Å²) in [4.78, 5) is 11.1. The van der Waals surface area contributed by atoms with E-state index in [1.807, 2.05) is 0 Å². The smallest absolute Gasteiger partial charge is 0.392 e. The van der Waals surface area contributed by atoms with Gasteiger partial charge in [0.05, 0.1) is 12.2 Å². The summed E-state index contributed by atoms with van der Waals surface area (Å²) in [6.45, 7) is 1.47. The first kappa shape index (κ1) is 14.3. The van der Waals surface area contributed by atoms with Crippen LogP contribution in [-0.4, -0.2) is 17.6 Å². The van der Waals surface area contributed by atoms with Crippen molar-refractivity contribution in [3.63, 3.8) is 0 Å². The normalized spacial score (nSPS) is 11.4. The molecule has 0 spiro atoms. The molecule has 0 aliphatic carbocycles. The quantitative estimate of drug-likeness (QED) is 0.773. The fraction of sp³-hybridized carbons (Fsp3) is 0.364. The minimum atomic E-state index is -4.58. The van der Waals surface area contributed by atoms with Crippen LogP contribution in [0.25, 0.3) is 0 Å². The van der Waals surface area contributed by atoms with Crippen molar-refractivity contribution < 1.29 is 23.1 Å². The van der Waals surface area contributed by atoms with Gasteiger partial charge in [0.2, 0.25) is 5.91 Å². The number of amides is 1. The zero-order valence-electron chi connectivity index (χ0n) is 9.64. The molecule has 7 heteroatoms. The van der Waals surface area contributed by atoms with E-state index in [-0.39, 0.29) is 16.8 Å². The highest BCUT2D eigenvalue weighted by Gasteiger charge is 2.32. The van der Waals surface area contributed by atoms with Gasteiger partial charge in [0.25, 0.3) is 0 Å². The van der Waals surface area contributed by atoms with Crippen molar-refractivity contribution in [1.29, 1.82) is 0 Å². The number of aliphatic hydroxyl groups excluding tert-OH is 1. The molecular formula is C11H13F3N2O2. The zero-order valence-corrected chi connectivity index (χ0v) is 9.64. The third kappa shape index (κ3) is 2.92. The van der Waals surface area contributed by atoms with Crippen molar-refractivity contribution in [2.45, 2.75) is 19.7 Å². The lowest BCUT2D eigenvalue weighted by Gasteiger charge is -2.16. The Morgan fingerprint density at radius 2 is 2.06 bits per heavy atom. The summed E-state index contributed by atoms with van der Waals surface area (Å²) < 4.78 is 37.9. The summed E-state index contributed by atoms with van der Waals surface area (Å²) in [5.74, 6) is -1.01. The first-order chi connectivity index (χ1) is 8.31. The monoisotopic (exact) mass is 262 g/mol. The predicted octanol–water partition coefficient (Wildman–Crippen LogP) is 1.73. The second-order valence-electron chi connectivity index (χ2n) is 3.60. The Balaban J connectivity index is 3.48. The second-order valence-corrected chi connectivity index (χ2v) is 3.60. The number of nitrogens with one attached hydrogen (secondary N) is 1. The van der Waals surface area contributed by atoms with E-state index in [0.717, 1.165) is 6.07 Å². The van der Waals surface area contributed by atoms with Crippen molar-refractivity contribution in [3.05, 3.63) is 28.8 Å². The van der Waals surface area contributed by atoms with Crippen molar-refractivity contribution in [3.8, 4) is 0 Å². The summed E-state index contributed by atoms with van der Waals surface area (Å²) in [7, 11) is 0. The van der Waals surface area contributed by atoms with Crippen LogP contribution in [0, 0.1) is 0 Å². The lowest BCUT2D eigenvalue weighted by molar-refractivity contribution is -0.137. The largest absolute Gasteiger partial charge is 0.416 e. The number of halogens is 3. The molecule has 1 amide bonds. The van der Waals surface area contributed by atoms with E-state index in [2.05, 4.69) is 5.32 Å². The fourth-order valence-electron chi connectivity index (χ4n) is 1.57. The maximum atomic E-state index is 12.6. The van der Waals surface area contributed by atoms with Gasteiger partial charge in [0.1, 0.15) is 0 Å². The molecule has 0 saturated heterocycles. The Bertz CT molecular complexity index is 458. The fourth-order valence-corrected chi connectivity index (χ4v) is 1.57. The Hall–Kier alpha value is -1.76. The number of alkyl halides is 3. The molecular weight excluding hydrogens is 249 g/mol. The van der Waals surface area contributed by atoms with Gasteiger partial charge in [0.15, 0.2) is 0 Å². The van der Waals surface area contributed by atoms with Gasteiger partial charge in [-0.3, -0.25) is 4.79 Å². The zero-order chi connectivity index (χ0) is 13.9. The molecule has 0 saturated carbocycles. The molecule has 0 aliphatic rings. The van der Waals surface area contributed by atoms with Crippen LogP contribution in [0.15, 0.2) is 12.1 Å². The number of carbonyl (C=O) groups excluding carboxylic acids is 1. The molecule has 1 aromatic carbocycles. The number of aliphatic hydroxyl groups is 1. The summed E-state index contributed by atoms with van der Waals surface area (Å²) in [6, 6.07) is 1.50. The average molecular weight is 262 g/mol. The molecule has 1 rings (SSSR count). The molecule has 18 heavy (non-hydrogen) atoms. The number of hydrogen-bond acceptors (Lipinski definition) is 3. The number of carbonyl (C=O) groups is 1. The van der Waals surface area contributed by atoms with Crippen molar-refractivity contribution in [2.24, 2.45) is 5.73 Å².